The lowest BCUT2D eigenvalue weighted by molar-refractivity contribution is -0.659. The molecule has 4 heteroatoms. The summed E-state index contributed by atoms with van der Waals surface area (Å²) >= 11 is 1.74. The molecule has 0 aliphatic carbocycles. The van der Waals surface area contributed by atoms with Crippen LogP contribution in [-0.2, 0) is 11.3 Å². The number of anilines is 1. The van der Waals surface area contributed by atoms with Crippen molar-refractivity contribution < 1.29 is 10.1 Å². The highest BCUT2D eigenvalue weighted by atomic mass is 32.1. The predicted molar refractivity (Wildman–Crippen MR) is 101 cm³/mol. The maximum Gasteiger partial charge on any atom is 0.282 e. The third-order valence-electron chi connectivity index (χ3n) is 4.46. The lowest BCUT2D eigenvalue weighted by Crippen LogP contribution is -2.85. The first-order chi connectivity index (χ1) is 11.4. The molecule has 1 aliphatic heterocycles. The summed E-state index contributed by atoms with van der Waals surface area (Å²) in [4.78, 5) is 16.3. The second-order valence-electron chi connectivity index (χ2n) is 7.01. The number of hydrogen-bond donors (Lipinski definition) is 1. The van der Waals surface area contributed by atoms with Crippen LogP contribution in [0.25, 0.3) is 5.57 Å². The maximum absolute atomic E-state index is 13.0. The quantitative estimate of drug-likeness (QED) is 0.910. The number of benzene rings is 1. The van der Waals surface area contributed by atoms with Gasteiger partial charge in [0.15, 0.2) is 6.54 Å². The van der Waals surface area contributed by atoms with Crippen molar-refractivity contribution in [3.63, 3.8) is 0 Å². The van der Waals surface area contributed by atoms with Crippen LogP contribution < -0.4 is 10.2 Å². The SMILES string of the molecule is CC1=CC(C)(C)N(C(=O)C[NH2+]Cc2cccs2)c2cc(C)ccc21. The molecule has 0 radical (unpaired) electrons. The summed E-state index contributed by atoms with van der Waals surface area (Å²) in [5.74, 6) is 0.159. The number of carbonyl (C=O) groups excluding carboxylic acids is 1. The van der Waals surface area contributed by atoms with Crippen molar-refractivity contribution in [1.29, 1.82) is 0 Å². The Kier molecular flexibility index (Phi) is 4.61. The van der Waals surface area contributed by atoms with Crippen LogP contribution in [0, 0.1) is 6.92 Å². The fourth-order valence-electron chi connectivity index (χ4n) is 3.46. The van der Waals surface area contributed by atoms with Gasteiger partial charge < -0.3 is 5.32 Å². The molecule has 0 bridgehead atoms. The summed E-state index contributed by atoms with van der Waals surface area (Å²) in [5.41, 5.74) is 4.31. The van der Waals surface area contributed by atoms with Gasteiger partial charge in [-0.1, -0.05) is 24.3 Å². The second kappa shape index (κ2) is 6.54. The number of fused-ring (bicyclic) bond motifs is 1. The Bertz CT molecular complexity index is 775. The van der Waals surface area contributed by atoms with Crippen LogP contribution in [0.3, 0.4) is 0 Å². The molecule has 24 heavy (non-hydrogen) atoms. The Morgan fingerprint density at radius 2 is 2.04 bits per heavy atom. The average molecular weight is 342 g/mol. The van der Waals surface area contributed by atoms with E-state index in [1.165, 1.54) is 16.0 Å². The summed E-state index contributed by atoms with van der Waals surface area (Å²) in [5, 5.41) is 4.16. The topological polar surface area (TPSA) is 36.9 Å². The molecule has 1 aromatic carbocycles. The van der Waals surface area contributed by atoms with E-state index in [1.54, 1.807) is 11.3 Å². The molecule has 3 rings (SSSR count). The normalized spacial score (nSPS) is 15.8. The van der Waals surface area contributed by atoms with Crippen LogP contribution >= 0.6 is 11.3 Å². The summed E-state index contributed by atoms with van der Waals surface area (Å²) in [6.07, 6.45) is 2.20. The van der Waals surface area contributed by atoms with Gasteiger partial charge in [-0.3, -0.25) is 9.69 Å². The molecule has 1 aromatic heterocycles. The third-order valence-corrected chi connectivity index (χ3v) is 5.36. The van der Waals surface area contributed by atoms with Crippen molar-refractivity contribution in [2.75, 3.05) is 11.4 Å². The van der Waals surface area contributed by atoms with Crippen LogP contribution in [0.5, 0.6) is 0 Å². The van der Waals surface area contributed by atoms with Gasteiger partial charge in [0.2, 0.25) is 0 Å². The minimum atomic E-state index is -0.307. The number of allylic oxidation sites excluding steroid dienone is 1. The van der Waals surface area contributed by atoms with Crippen LogP contribution in [-0.4, -0.2) is 18.0 Å². The van der Waals surface area contributed by atoms with E-state index in [2.05, 4.69) is 74.8 Å². The van der Waals surface area contributed by atoms with E-state index in [-0.39, 0.29) is 11.4 Å². The molecule has 0 unspecified atom stereocenters. The average Bonchev–Trinajstić information content (AvgIpc) is 2.99. The van der Waals surface area contributed by atoms with Crippen LogP contribution in [0.2, 0.25) is 0 Å². The molecule has 1 amide bonds. The van der Waals surface area contributed by atoms with Crippen LogP contribution in [0.15, 0.2) is 41.8 Å². The lowest BCUT2D eigenvalue weighted by atomic mass is 9.88. The summed E-state index contributed by atoms with van der Waals surface area (Å²) in [6, 6.07) is 10.5. The van der Waals surface area contributed by atoms with Gasteiger partial charge in [-0.25, -0.2) is 0 Å². The largest absolute Gasteiger partial charge is 0.334 e. The molecule has 126 valence electrons. The molecule has 2 heterocycles. The minimum absolute atomic E-state index is 0.159. The highest BCUT2D eigenvalue weighted by Crippen LogP contribution is 2.39. The van der Waals surface area contributed by atoms with E-state index in [9.17, 15) is 4.79 Å². The fraction of sp³-hybridized carbons (Fsp3) is 0.350. The van der Waals surface area contributed by atoms with E-state index in [0.29, 0.717) is 6.54 Å². The van der Waals surface area contributed by atoms with E-state index in [4.69, 9.17) is 0 Å². The highest BCUT2D eigenvalue weighted by Gasteiger charge is 2.36. The third kappa shape index (κ3) is 3.30. The molecule has 0 saturated heterocycles. The summed E-state index contributed by atoms with van der Waals surface area (Å²) in [6.45, 7) is 9.74. The van der Waals surface area contributed by atoms with Crippen LogP contribution in [0.1, 0.15) is 36.8 Å². The van der Waals surface area contributed by atoms with Crippen molar-refractivity contribution >= 4 is 28.5 Å². The first kappa shape index (κ1) is 16.9. The lowest BCUT2D eigenvalue weighted by Gasteiger charge is -2.41. The molecule has 0 fully saturated rings. The number of nitrogens with zero attached hydrogens (tertiary/aromatic N) is 1. The first-order valence-corrected chi connectivity index (χ1v) is 9.24. The Hall–Kier alpha value is -1.91. The zero-order valence-electron chi connectivity index (χ0n) is 14.8. The first-order valence-electron chi connectivity index (χ1n) is 8.36. The van der Waals surface area contributed by atoms with E-state index < -0.39 is 0 Å². The Morgan fingerprint density at radius 3 is 2.75 bits per heavy atom. The molecule has 1 aliphatic rings. The second-order valence-corrected chi connectivity index (χ2v) is 8.04. The van der Waals surface area contributed by atoms with Crippen molar-refractivity contribution in [1.82, 2.24) is 0 Å². The number of nitrogens with two attached hydrogens (primary N) is 1. The standard InChI is InChI=1S/C20H24N2OS/c1-14-7-8-17-15(2)11-20(3,4)22(18(17)10-14)19(23)13-21-12-16-6-5-9-24-16/h5-11,21H,12-13H2,1-4H3/p+1. The van der Waals surface area contributed by atoms with Crippen molar-refractivity contribution in [3.8, 4) is 0 Å². The molecular formula is C20H25N2OS+. The Labute approximate surface area is 148 Å². The van der Waals surface area contributed by atoms with E-state index in [1.807, 2.05) is 4.90 Å². The van der Waals surface area contributed by atoms with Gasteiger partial charge in [0.1, 0.15) is 6.54 Å². The summed E-state index contributed by atoms with van der Waals surface area (Å²) in [7, 11) is 0. The summed E-state index contributed by atoms with van der Waals surface area (Å²) < 4.78 is 0. The molecule has 0 saturated carbocycles. The Morgan fingerprint density at radius 1 is 1.25 bits per heavy atom. The number of carbonyl (C=O) groups is 1. The maximum atomic E-state index is 13.0. The molecule has 2 N–H and O–H groups in total. The van der Waals surface area contributed by atoms with E-state index >= 15 is 0 Å². The van der Waals surface area contributed by atoms with Crippen molar-refractivity contribution in [2.45, 2.75) is 39.8 Å². The molecular weight excluding hydrogens is 316 g/mol. The van der Waals surface area contributed by atoms with Gasteiger partial charge in [-0.15, -0.1) is 11.3 Å². The number of rotatable bonds is 4. The van der Waals surface area contributed by atoms with Gasteiger partial charge >= 0.3 is 0 Å². The fourth-order valence-corrected chi connectivity index (χ4v) is 4.16. The molecule has 3 nitrogen and oxygen atoms in total. The monoisotopic (exact) mass is 341 g/mol. The zero-order chi connectivity index (χ0) is 17.3. The number of quaternary nitrogens is 1. The van der Waals surface area contributed by atoms with Gasteiger partial charge in [0.05, 0.1) is 16.1 Å². The smallest absolute Gasteiger partial charge is 0.282 e. The highest BCUT2D eigenvalue weighted by molar-refractivity contribution is 7.09. The van der Waals surface area contributed by atoms with Gasteiger partial charge in [-0.05, 0) is 56.3 Å². The number of thiophene rings is 1. The zero-order valence-corrected chi connectivity index (χ0v) is 15.6. The molecule has 2 aromatic rings. The van der Waals surface area contributed by atoms with Gasteiger partial charge in [-0.2, -0.15) is 0 Å². The predicted octanol–water partition coefficient (Wildman–Crippen LogP) is 3.35. The van der Waals surface area contributed by atoms with Crippen molar-refractivity contribution in [3.05, 3.63) is 57.8 Å². The molecule has 0 spiro atoms. The number of amides is 1. The minimum Gasteiger partial charge on any atom is -0.334 e. The van der Waals surface area contributed by atoms with Gasteiger partial charge in [0, 0.05) is 5.56 Å². The van der Waals surface area contributed by atoms with E-state index in [0.717, 1.165) is 17.8 Å². The molecule has 0 atom stereocenters. The number of aryl methyl sites for hydroxylation is 1. The Balaban J connectivity index is 1.82. The number of hydrogen-bond acceptors (Lipinski definition) is 2. The van der Waals surface area contributed by atoms with Crippen LogP contribution in [0.4, 0.5) is 5.69 Å². The van der Waals surface area contributed by atoms with Crippen molar-refractivity contribution in [2.24, 2.45) is 0 Å². The van der Waals surface area contributed by atoms with Gasteiger partial charge in [0.25, 0.3) is 5.91 Å².